The van der Waals surface area contributed by atoms with Gasteiger partial charge < -0.3 is 15.5 Å². The largest absolute Gasteiger partial charge is 0.356 e. The van der Waals surface area contributed by atoms with Crippen molar-refractivity contribution >= 4 is 17.6 Å². The Morgan fingerprint density at radius 3 is 2.84 bits per heavy atom. The van der Waals surface area contributed by atoms with E-state index in [2.05, 4.69) is 46.7 Å². The van der Waals surface area contributed by atoms with Crippen molar-refractivity contribution in [3.8, 4) is 0 Å². The summed E-state index contributed by atoms with van der Waals surface area (Å²) >= 11 is 0. The van der Waals surface area contributed by atoms with E-state index in [-0.39, 0.29) is 5.91 Å². The average molecular weight is 342 g/mol. The monoisotopic (exact) mass is 342 g/mol. The standard InChI is InChI=1S/C20H30N4O/c1-2-21-20(24-14-11-17-9-5-6-10-18(17)24)23-13-12-22-19(25)15-16-7-3-4-8-16/h5-6,9-10,16H,2-4,7-8,11-15H2,1H3,(H,21,23)(H,22,25). The van der Waals surface area contributed by atoms with Crippen LogP contribution in [0.25, 0.3) is 0 Å². The number of carbonyl (C=O) groups is 1. The number of amides is 1. The van der Waals surface area contributed by atoms with Crippen molar-refractivity contribution in [2.45, 2.75) is 45.4 Å². The average Bonchev–Trinajstić information content (AvgIpc) is 3.27. The van der Waals surface area contributed by atoms with E-state index in [4.69, 9.17) is 4.99 Å². The van der Waals surface area contributed by atoms with Crippen molar-refractivity contribution in [1.29, 1.82) is 0 Å². The molecule has 1 fully saturated rings. The first kappa shape index (κ1) is 17.8. The minimum Gasteiger partial charge on any atom is -0.356 e. The van der Waals surface area contributed by atoms with Gasteiger partial charge in [-0.15, -0.1) is 0 Å². The van der Waals surface area contributed by atoms with Crippen LogP contribution in [0.2, 0.25) is 0 Å². The van der Waals surface area contributed by atoms with Crippen LogP contribution >= 0.6 is 0 Å². The van der Waals surface area contributed by atoms with Crippen LogP contribution in [0.1, 0.15) is 44.6 Å². The third kappa shape index (κ3) is 4.74. The molecule has 1 aromatic rings. The van der Waals surface area contributed by atoms with Gasteiger partial charge in [0.15, 0.2) is 5.96 Å². The van der Waals surface area contributed by atoms with Gasteiger partial charge in [-0.2, -0.15) is 0 Å². The van der Waals surface area contributed by atoms with Gasteiger partial charge in [0.1, 0.15) is 0 Å². The molecule has 2 N–H and O–H groups in total. The normalized spacial score (nSPS) is 17.6. The molecule has 0 bridgehead atoms. The minimum absolute atomic E-state index is 0.179. The first-order chi connectivity index (χ1) is 12.3. The van der Waals surface area contributed by atoms with Gasteiger partial charge in [0, 0.05) is 31.7 Å². The summed E-state index contributed by atoms with van der Waals surface area (Å²) in [5, 5.41) is 6.40. The Morgan fingerprint density at radius 1 is 1.24 bits per heavy atom. The van der Waals surface area contributed by atoms with Crippen molar-refractivity contribution in [2.75, 3.05) is 31.1 Å². The number of benzene rings is 1. The van der Waals surface area contributed by atoms with Gasteiger partial charge in [0.25, 0.3) is 0 Å². The molecule has 0 unspecified atom stereocenters. The third-order valence-corrected chi connectivity index (χ3v) is 5.12. The van der Waals surface area contributed by atoms with E-state index >= 15 is 0 Å². The van der Waals surface area contributed by atoms with Crippen molar-refractivity contribution < 1.29 is 4.79 Å². The molecule has 1 aromatic carbocycles. The fourth-order valence-electron chi connectivity index (χ4n) is 3.86. The number of carbonyl (C=O) groups excluding carboxylic acids is 1. The highest BCUT2D eigenvalue weighted by atomic mass is 16.1. The summed E-state index contributed by atoms with van der Waals surface area (Å²) in [5.74, 6) is 1.69. The Hall–Kier alpha value is -2.04. The maximum atomic E-state index is 12.0. The van der Waals surface area contributed by atoms with Gasteiger partial charge in [-0.05, 0) is 43.7 Å². The number of nitrogens with zero attached hydrogens (tertiary/aromatic N) is 2. The second-order valence-corrected chi connectivity index (χ2v) is 6.97. The summed E-state index contributed by atoms with van der Waals surface area (Å²) in [4.78, 5) is 19.0. The molecular weight excluding hydrogens is 312 g/mol. The molecule has 0 spiro atoms. The Bertz CT molecular complexity index is 607. The molecule has 136 valence electrons. The van der Waals surface area contributed by atoms with E-state index in [0.29, 0.717) is 25.4 Å². The zero-order valence-electron chi connectivity index (χ0n) is 15.3. The van der Waals surface area contributed by atoms with Crippen LogP contribution in [0.15, 0.2) is 29.3 Å². The van der Waals surface area contributed by atoms with E-state index < -0.39 is 0 Å². The van der Waals surface area contributed by atoms with Crippen molar-refractivity contribution in [3.63, 3.8) is 0 Å². The van der Waals surface area contributed by atoms with Crippen molar-refractivity contribution in [1.82, 2.24) is 10.6 Å². The maximum absolute atomic E-state index is 12.0. The third-order valence-electron chi connectivity index (χ3n) is 5.12. The van der Waals surface area contributed by atoms with Crippen LogP contribution in [-0.4, -0.2) is 38.0 Å². The lowest BCUT2D eigenvalue weighted by Crippen LogP contribution is -2.41. The van der Waals surface area contributed by atoms with E-state index in [1.165, 1.54) is 36.9 Å². The number of hydrogen-bond donors (Lipinski definition) is 2. The number of hydrogen-bond acceptors (Lipinski definition) is 2. The number of guanidine groups is 1. The first-order valence-electron chi connectivity index (χ1n) is 9.68. The summed E-state index contributed by atoms with van der Waals surface area (Å²) in [6, 6.07) is 8.50. The zero-order valence-corrected chi connectivity index (χ0v) is 15.3. The SMILES string of the molecule is CCNC(=NCCNC(=O)CC1CCCC1)N1CCc2ccccc21. The van der Waals surface area contributed by atoms with Crippen LogP contribution in [0.5, 0.6) is 0 Å². The second kappa shape index (κ2) is 8.88. The molecule has 0 aromatic heterocycles. The Labute approximate surface area is 150 Å². The van der Waals surface area contributed by atoms with Crippen LogP contribution in [0, 0.1) is 5.92 Å². The quantitative estimate of drug-likeness (QED) is 0.475. The van der Waals surface area contributed by atoms with Gasteiger partial charge >= 0.3 is 0 Å². The highest BCUT2D eigenvalue weighted by Gasteiger charge is 2.22. The van der Waals surface area contributed by atoms with Crippen molar-refractivity contribution in [2.24, 2.45) is 10.9 Å². The van der Waals surface area contributed by atoms with Gasteiger partial charge in [-0.3, -0.25) is 9.79 Å². The van der Waals surface area contributed by atoms with E-state index in [0.717, 1.165) is 25.5 Å². The summed E-state index contributed by atoms with van der Waals surface area (Å²) in [5.41, 5.74) is 2.62. The molecule has 5 nitrogen and oxygen atoms in total. The number of rotatable bonds is 6. The number of fused-ring (bicyclic) bond motifs is 1. The van der Waals surface area contributed by atoms with Crippen LogP contribution in [-0.2, 0) is 11.2 Å². The van der Waals surface area contributed by atoms with E-state index in [1.807, 2.05) is 0 Å². The van der Waals surface area contributed by atoms with Crippen LogP contribution < -0.4 is 15.5 Å². The molecule has 25 heavy (non-hydrogen) atoms. The highest BCUT2D eigenvalue weighted by molar-refractivity contribution is 5.98. The van der Waals surface area contributed by atoms with Crippen molar-refractivity contribution in [3.05, 3.63) is 29.8 Å². The van der Waals surface area contributed by atoms with Gasteiger partial charge in [0.05, 0.1) is 6.54 Å². The molecule has 5 heteroatoms. The van der Waals surface area contributed by atoms with Gasteiger partial charge in [0.2, 0.25) is 5.91 Å². The van der Waals surface area contributed by atoms with E-state index in [1.54, 1.807) is 0 Å². The number of para-hydroxylation sites is 1. The molecule has 1 amide bonds. The molecule has 1 aliphatic carbocycles. The summed E-state index contributed by atoms with van der Waals surface area (Å²) in [6.45, 7) is 5.10. The molecule has 0 atom stereocenters. The molecule has 1 heterocycles. The fourth-order valence-corrected chi connectivity index (χ4v) is 3.86. The van der Waals surface area contributed by atoms with Gasteiger partial charge in [-0.25, -0.2) is 0 Å². The lowest BCUT2D eigenvalue weighted by atomic mass is 10.0. The molecule has 3 rings (SSSR count). The topological polar surface area (TPSA) is 56.7 Å². The maximum Gasteiger partial charge on any atom is 0.220 e. The Kier molecular flexibility index (Phi) is 6.31. The van der Waals surface area contributed by atoms with Gasteiger partial charge in [-0.1, -0.05) is 31.0 Å². The zero-order chi connectivity index (χ0) is 17.5. The number of anilines is 1. The van der Waals surface area contributed by atoms with E-state index in [9.17, 15) is 4.79 Å². The minimum atomic E-state index is 0.179. The number of nitrogens with one attached hydrogen (secondary N) is 2. The number of aliphatic imine (C=N–C) groups is 1. The highest BCUT2D eigenvalue weighted by Crippen LogP contribution is 2.28. The van der Waals surface area contributed by atoms with Crippen LogP contribution in [0.3, 0.4) is 0 Å². The fraction of sp³-hybridized carbons (Fsp3) is 0.600. The Balaban J connectivity index is 1.50. The lowest BCUT2D eigenvalue weighted by Gasteiger charge is -2.22. The predicted octanol–water partition coefficient (Wildman–Crippen LogP) is 2.71. The molecule has 1 saturated carbocycles. The lowest BCUT2D eigenvalue weighted by molar-refractivity contribution is -0.121. The first-order valence-corrected chi connectivity index (χ1v) is 9.68. The summed E-state index contributed by atoms with van der Waals surface area (Å²) in [6.07, 6.45) is 6.73. The summed E-state index contributed by atoms with van der Waals surface area (Å²) in [7, 11) is 0. The smallest absolute Gasteiger partial charge is 0.220 e. The Morgan fingerprint density at radius 2 is 2.04 bits per heavy atom. The molecule has 1 aliphatic heterocycles. The van der Waals surface area contributed by atoms with Crippen LogP contribution in [0.4, 0.5) is 5.69 Å². The molecule has 0 saturated heterocycles. The molecule has 0 radical (unpaired) electrons. The molecule has 2 aliphatic rings. The second-order valence-electron chi connectivity index (χ2n) is 6.97. The summed E-state index contributed by atoms with van der Waals surface area (Å²) < 4.78 is 0. The predicted molar refractivity (Wildman–Crippen MR) is 103 cm³/mol. The molecular formula is C20H30N4O.